The Morgan fingerprint density at radius 1 is 1.36 bits per heavy atom. The molecule has 0 aromatic carbocycles. The Morgan fingerprint density at radius 2 is 1.79 bits per heavy atom. The van der Waals surface area contributed by atoms with Crippen LogP contribution < -0.4 is 0 Å². The monoisotopic (exact) mass is 222 g/mol. The zero-order valence-corrected chi connectivity index (χ0v) is 10.1. The van der Waals surface area contributed by atoms with E-state index in [0.717, 1.165) is 0 Å². The van der Waals surface area contributed by atoms with Gasteiger partial charge in [0.1, 0.15) is 6.10 Å². The van der Waals surface area contributed by atoms with Crippen LogP contribution in [0.15, 0.2) is 0 Å². The Bertz CT molecular complexity index is 179. The summed E-state index contributed by atoms with van der Waals surface area (Å²) in [4.78, 5) is 10.6. The van der Waals surface area contributed by atoms with E-state index in [1.165, 1.54) is 6.92 Å². The third-order valence-corrected chi connectivity index (χ3v) is 3.96. The first-order chi connectivity index (χ1) is 6.45. The fourth-order valence-electron chi connectivity index (χ4n) is 1.01. The second kappa shape index (κ2) is 6.13. The molecule has 0 rings (SSSR count). The lowest BCUT2D eigenvalue weighted by atomic mass is 10.4. The van der Waals surface area contributed by atoms with Crippen molar-refractivity contribution in [2.45, 2.75) is 33.4 Å². The molecule has 84 valence electrons. The van der Waals surface area contributed by atoms with Crippen molar-refractivity contribution in [2.24, 2.45) is 0 Å². The molecule has 0 aromatic rings. The summed E-state index contributed by atoms with van der Waals surface area (Å²) in [7, 11) is -2.76. The minimum absolute atomic E-state index is 0.453. The van der Waals surface area contributed by atoms with Crippen LogP contribution in [-0.2, 0) is 18.1 Å². The molecule has 0 aliphatic carbocycles. The van der Waals surface area contributed by atoms with Crippen LogP contribution in [-0.4, -0.2) is 39.2 Å². The van der Waals surface area contributed by atoms with Crippen molar-refractivity contribution in [2.75, 3.05) is 13.2 Å². The number of hydrogen-bond acceptors (Lipinski definition) is 4. The molecule has 14 heavy (non-hydrogen) atoms. The van der Waals surface area contributed by atoms with Crippen molar-refractivity contribution in [3.05, 3.63) is 0 Å². The molecule has 1 unspecified atom stereocenters. The van der Waals surface area contributed by atoms with E-state index in [1.807, 2.05) is 13.8 Å². The molecule has 0 bridgehead atoms. The molecule has 1 atom stereocenters. The molecule has 5 nitrogen and oxygen atoms in total. The molecular weight excluding hydrogens is 204 g/mol. The van der Waals surface area contributed by atoms with Crippen LogP contribution >= 0.6 is 0 Å². The van der Waals surface area contributed by atoms with Crippen LogP contribution in [0.5, 0.6) is 0 Å². The van der Waals surface area contributed by atoms with Gasteiger partial charge in [0.2, 0.25) is 0 Å². The van der Waals surface area contributed by atoms with Gasteiger partial charge in [0.05, 0.1) is 0 Å². The van der Waals surface area contributed by atoms with E-state index in [2.05, 4.69) is 0 Å². The second-order valence-corrected chi connectivity index (χ2v) is 5.36. The van der Waals surface area contributed by atoms with Crippen molar-refractivity contribution < 1.29 is 23.2 Å². The smallest absolute Gasteiger partial charge is 0.479 e. The standard InChI is InChI=1S/C8H18O5Si/c1-5-11-14(4,12-6-2)13-7(3)8(9)10/h7H,5-6H2,1-4H3,(H,9,10). The third kappa shape index (κ3) is 4.71. The van der Waals surface area contributed by atoms with Gasteiger partial charge in [0, 0.05) is 19.8 Å². The molecule has 1 N–H and O–H groups in total. The average molecular weight is 222 g/mol. The van der Waals surface area contributed by atoms with Crippen LogP contribution in [0.4, 0.5) is 0 Å². The molecule has 0 saturated heterocycles. The third-order valence-electron chi connectivity index (χ3n) is 1.55. The maximum Gasteiger partial charge on any atom is 0.498 e. The van der Waals surface area contributed by atoms with Gasteiger partial charge in [0.15, 0.2) is 0 Å². The Hall–Kier alpha value is -0.433. The summed E-state index contributed by atoms with van der Waals surface area (Å²) in [6.45, 7) is 7.70. The normalized spacial score (nSPS) is 14.0. The average Bonchev–Trinajstić information content (AvgIpc) is 2.04. The predicted molar refractivity (Wildman–Crippen MR) is 53.1 cm³/mol. The van der Waals surface area contributed by atoms with Gasteiger partial charge in [-0.25, -0.2) is 4.79 Å². The van der Waals surface area contributed by atoms with Crippen LogP contribution in [0.25, 0.3) is 0 Å². The number of aliphatic carboxylic acids is 1. The highest BCUT2D eigenvalue weighted by Gasteiger charge is 2.37. The number of carboxylic acids is 1. The summed E-state index contributed by atoms with van der Waals surface area (Å²) in [5.41, 5.74) is 0. The molecule has 0 spiro atoms. The first kappa shape index (κ1) is 13.6. The summed E-state index contributed by atoms with van der Waals surface area (Å²) in [6.07, 6.45) is -0.898. The summed E-state index contributed by atoms with van der Waals surface area (Å²) in [5.74, 6) is -1.01. The summed E-state index contributed by atoms with van der Waals surface area (Å²) in [5, 5.41) is 8.67. The van der Waals surface area contributed by atoms with Gasteiger partial charge in [-0.1, -0.05) is 0 Å². The molecule has 0 amide bonds. The summed E-state index contributed by atoms with van der Waals surface area (Å²) < 4.78 is 15.9. The Kier molecular flexibility index (Phi) is 5.94. The van der Waals surface area contributed by atoms with Crippen molar-refractivity contribution >= 4 is 14.8 Å². The molecule has 6 heteroatoms. The van der Waals surface area contributed by atoms with Crippen LogP contribution in [0.2, 0.25) is 6.55 Å². The lowest BCUT2D eigenvalue weighted by molar-refractivity contribution is -0.146. The molecular formula is C8H18O5Si. The highest BCUT2D eigenvalue weighted by atomic mass is 28.4. The second-order valence-electron chi connectivity index (χ2n) is 2.83. The van der Waals surface area contributed by atoms with Gasteiger partial charge in [-0.2, -0.15) is 0 Å². The molecule has 0 aromatic heterocycles. The fourth-order valence-corrected chi connectivity index (χ4v) is 3.02. The zero-order valence-electron chi connectivity index (χ0n) is 9.07. The first-order valence-electron chi connectivity index (χ1n) is 4.63. The minimum atomic E-state index is -2.76. The molecule has 0 aliphatic rings. The van der Waals surface area contributed by atoms with Gasteiger partial charge in [0.25, 0.3) is 0 Å². The highest BCUT2D eigenvalue weighted by Crippen LogP contribution is 2.12. The van der Waals surface area contributed by atoms with E-state index in [0.29, 0.717) is 13.2 Å². The van der Waals surface area contributed by atoms with E-state index in [1.54, 1.807) is 6.55 Å². The minimum Gasteiger partial charge on any atom is -0.479 e. The SMILES string of the molecule is CCO[Si](C)(OCC)OC(C)C(=O)O. The molecule has 0 fully saturated rings. The predicted octanol–water partition coefficient (Wildman–Crippen LogP) is 1.12. The van der Waals surface area contributed by atoms with Gasteiger partial charge < -0.3 is 18.4 Å². The lowest BCUT2D eigenvalue weighted by Gasteiger charge is -2.26. The maximum atomic E-state index is 10.6. The number of carbonyl (C=O) groups is 1. The van der Waals surface area contributed by atoms with E-state index in [9.17, 15) is 4.79 Å². The highest BCUT2D eigenvalue weighted by molar-refractivity contribution is 6.59. The van der Waals surface area contributed by atoms with E-state index >= 15 is 0 Å². The maximum absolute atomic E-state index is 10.6. The molecule has 0 radical (unpaired) electrons. The Balaban J connectivity index is 4.27. The van der Waals surface area contributed by atoms with Crippen LogP contribution in [0.1, 0.15) is 20.8 Å². The van der Waals surface area contributed by atoms with Gasteiger partial charge in [-0.3, -0.25) is 0 Å². The van der Waals surface area contributed by atoms with Crippen molar-refractivity contribution in [3.8, 4) is 0 Å². The van der Waals surface area contributed by atoms with E-state index in [4.69, 9.17) is 18.4 Å². The molecule has 0 heterocycles. The van der Waals surface area contributed by atoms with Gasteiger partial charge in [-0.15, -0.1) is 0 Å². The van der Waals surface area contributed by atoms with Crippen molar-refractivity contribution in [1.82, 2.24) is 0 Å². The quantitative estimate of drug-likeness (QED) is 0.654. The first-order valence-corrected chi connectivity index (χ1v) is 6.86. The largest absolute Gasteiger partial charge is 0.498 e. The molecule has 0 saturated carbocycles. The summed E-state index contributed by atoms with van der Waals surface area (Å²) in [6, 6.07) is 0. The molecule has 0 aliphatic heterocycles. The van der Waals surface area contributed by atoms with Crippen LogP contribution in [0, 0.1) is 0 Å². The summed E-state index contributed by atoms with van der Waals surface area (Å²) >= 11 is 0. The van der Waals surface area contributed by atoms with E-state index < -0.39 is 20.9 Å². The fraction of sp³-hybridized carbons (Fsp3) is 0.875. The van der Waals surface area contributed by atoms with Crippen LogP contribution in [0.3, 0.4) is 0 Å². The van der Waals surface area contributed by atoms with Gasteiger partial charge >= 0.3 is 14.8 Å². The van der Waals surface area contributed by atoms with Gasteiger partial charge in [-0.05, 0) is 20.8 Å². The number of hydrogen-bond donors (Lipinski definition) is 1. The number of rotatable bonds is 7. The topological polar surface area (TPSA) is 65.0 Å². The van der Waals surface area contributed by atoms with E-state index in [-0.39, 0.29) is 0 Å². The lowest BCUT2D eigenvalue weighted by Crippen LogP contribution is -2.46. The Labute approximate surface area is 85.3 Å². The number of carboxylic acid groups (broad SMARTS) is 1. The van der Waals surface area contributed by atoms with Crippen molar-refractivity contribution in [3.63, 3.8) is 0 Å². The van der Waals surface area contributed by atoms with Crippen molar-refractivity contribution in [1.29, 1.82) is 0 Å². The zero-order chi connectivity index (χ0) is 11.2. The Morgan fingerprint density at radius 3 is 2.07 bits per heavy atom.